The Morgan fingerprint density at radius 3 is 2.57 bits per heavy atom. The first kappa shape index (κ1) is 19.3. The summed E-state index contributed by atoms with van der Waals surface area (Å²) in [5.41, 5.74) is 5.96. The van der Waals surface area contributed by atoms with Crippen LogP contribution in [0.5, 0.6) is 0 Å². The lowest BCUT2D eigenvalue weighted by Crippen LogP contribution is -2.14. The second-order valence-electron chi connectivity index (χ2n) is 7.16. The monoisotopic (exact) mass is 390 g/mol. The number of pyridine rings is 1. The predicted molar refractivity (Wildman–Crippen MR) is 126 cm³/mol. The molecule has 0 bridgehead atoms. The number of benzene rings is 3. The summed E-state index contributed by atoms with van der Waals surface area (Å²) in [6.07, 6.45) is 5.32. The van der Waals surface area contributed by atoms with Gasteiger partial charge in [0.05, 0.1) is 0 Å². The van der Waals surface area contributed by atoms with Crippen LogP contribution in [0.2, 0.25) is 0 Å². The molecule has 1 N–H and O–H groups in total. The Morgan fingerprint density at radius 2 is 1.77 bits per heavy atom. The van der Waals surface area contributed by atoms with Crippen molar-refractivity contribution in [2.24, 2.45) is 0 Å². The molecule has 0 unspecified atom stereocenters. The molecule has 0 radical (unpaired) electrons. The molecule has 30 heavy (non-hydrogen) atoms. The van der Waals surface area contributed by atoms with Crippen molar-refractivity contribution in [3.8, 4) is 11.1 Å². The van der Waals surface area contributed by atoms with Gasteiger partial charge in [0.2, 0.25) is 0 Å². The molecule has 1 aromatic heterocycles. The van der Waals surface area contributed by atoms with E-state index < -0.39 is 0 Å². The first-order chi connectivity index (χ1) is 14.6. The number of aromatic nitrogens is 1. The fourth-order valence-electron chi connectivity index (χ4n) is 3.52. The largest absolute Gasteiger partial charge is 0.307 e. The Bertz CT molecular complexity index is 1290. The van der Waals surface area contributed by atoms with E-state index in [0.717, 1.165) is 27.5 Å². The highest BCUT2D eigenvalue weighted by Crippen LogP contribution is 2.29. The second kappa shape index (κ2) is 8.18. The highest BCUT2D eigenvalue weighted by Gasteiger charge is 2.11. The number of anilines is 1. The van der Waals surface area contributed by atoms with Crippen LogP contribution in [0, 0.1) is 6.92 Å². The Hall–Kier alpha value is -3.98. The number of carbonyl (C=O) groups is 1. The van der Waals surface area contributed by atoms with Crippen LogP contribution in [0.4, 0.5) is 5.82 Å². The zero-order valence-electron chi connectivity index (χ0n) is 16.9. The van der Waals surface area contributed by atoms with Gasteiger partial charge in [-0.1, -0.05) is 67.8 Å². The van der Waals surface area contributed by atoms with Gasteiger partial charge in [0, 0.05) is 17.1 Å². The van der Waals surface area contributed by atoms with Gasteiger partial charge in [-0.05, 0) is 64.4 Å². The summed E-state index contributed by atoms with van der Waals surface area (Å²) < 4.78 is 0. The standard InChI is InChI=1S/C27H22N2O/c1-4-19-11-10-18(3)25(14-19)22-13-12-21-16-26(28-17-23(21)15-22)29-27(30)24-9-7-6-8-20(24)5-2/h4-17H,1-2H2,3H3,(H,28,29,30). The first-order valence-corrected chi connectivity index (χ1v) is 9.75. The molecule has 0 atom stereocenters. The van der Waals surface area contributed by atoms with Gasteiger partial charge in [-0.25, -0.2) is 4.98 Å². The third-order valence-electron chi connectivity index (χ3n) is 5.20. The highest BCUT2D eigenvalue weighted by molar-refractivity contribution is 6.06. The molecule has 3 heteroatoms. The Balaban J connectivity index is 1.65. The predicted octanol–water partition coefficient (Wildman–Crippen LogP) is 6.75. The van der Waals surface area contributed by atoms with E-state index in [2.05, 4.69) is 66.8 Å². The molecule has 0 saturated carbocycles. The van der Waals surface area contributed by atoms with Crippen molar-refractivity contribution >= 4 is 34.6 Å². The number of nitrogens with one attached hydrogen (secondary N) is 1. The van der Waals surface area contributed by atoms with Gasteiger partial charge in [-0.15, -0.1) is 0 Å². The number of amides is 1. The summed E-state index contributed by atoms with van der Waals surface area (Å²) in [6.45, 7) is 9.73. The molecule has 4 rings (SSSR count). The van der Waals surface area contributed by atoms with E-state index in [1.54, 1.807) is 18.3 Å². The topological polar surface area (TPSA) is 42.0 Å². The molecule has 3 nitrogen and oxygen atoms in total. The molecule has 1 amide bonds. The van der Waals surface area contributed by atoms with E-state index in [1.807, 2.05) is 30.3 Å². The molecule has 0 fully saturated rings. The molecule has 0 aliphatic carbocycles. The third-order valence-corrected chi connectivity index (χ3v) is 5.20. The number of nitrogens with zero attached hydrogens (tertiary/aromatic N) is 1. The van der Waals surface area contributed by atoms with Crippen LogP contribution in [0.3, 0.4) is 0 Å². The van der Waals surface area contributed by atoms with E-state index in [4.69, 9.17) is 0 Å². The lowest BCUT2D eigenvalue weighted by molar-refractivity contribution is 0.102. The Morgan fingerprint density at radius 1 is 0.933 bits per heavy atom. The van der Waals surface area contributed by atoms with Crippen molar-refractivity contribution in [3.05, 3.63) is 108 Å². The van der Waals surface area contributed by atoms with E-state index >= 15 is 0 Å². The minimum atomic E-state index is -0.203. The molecule has 1 heterocycles. The maximum Gasteiger partial charge on any atom is 0.257 e. The van der Waals surface area contributed by atoms with Gasteiger partial charge in [-0.3, -0.25) is 4.79 Å². The van der Waals surface area contributed by atoms with E-state index in [-0.39, 0.29) is 5.91 Å². The van der Waals surface area contributed by atoms with Gasteiger partial charge >= 0.3 is 0 Å². The van der Waals surface area contributed by atoms with Gasteiger partial charge < -0.3 is 5.32 Å². The first-order valence-electron chi connectivity index (χ1n) is 9.75. The molecular formula is C27H22N2O. The number of hydrogen-bond donors (Lipinski definition) is 1. The van der Waals surface area contributed by atoms with Crippen molar-refractivity contribution < 1.29 is 4.79 Å². The molecule has 4 aromatic rings. The van der Waals surface area contributed by atoms with Crippen molar-refractivity contribution in [2.75, 3.05) is 5.32 Å². The van der Waals surface area contributed by atoms with Crippen LogP contribution in [-0.4, -0.2) is 10.9 Å². The molecule has 146 valence electrons. The highest BCUT2D eigenvalue weighted by atomic mass is 16.1. The fourth-order valence-corrected chi connectivity index (χ4v) is 3.52. The maximum absolute atomic E-state index is 12.7. The summed E-state index contributed by atoms with van der Waals surface area (Å²) in [4.78, 5) is 17.1. The SMILES string of the molecule is C=Cc1ccc(C)c(-c2ccc3cc(NC(=O)c4ccccc4C=C)ncc3c2)c1. The van der Waals surface area contributed by atoms with Crippen molar-refractivity contribution in [2.45, 2.75) is 6.92 Å². The number of carbonyl (C=O) groups excluding carboxylic acids is 1. The van der Waals surface area contributed by atoms with E-state index in [0.29, 0.717) is 11.4 Å². The lowest BCUT2D eigenvalue weighted by atomic mass is 9.96. The Labute approximate surface area is 176 Å². The average Bonchev–Trinajstić information content (AvgIpc) is 2.79. The van der Waals surface area contributed by atoms with Gasteiger partial charge in [0.15, 0.2) is 0 Å². The summed E-state index contributed by atoms with van der Waals surface area (Å²) in [5.74, 6) is 0.315. The van der Waals surface area contributed by atoms with Crippen LogP contribution < -0.4 is 5.32 Å². The van der Waals surface area contributed by atoms with Gasteiger partial charge in [0.25, 0.3) is 5.91 Å². The van der Waals surface area contributed by atoms with Crippen LogP contribution >= 0.6 is 0 Å². The molecule has 0 aliphatic rings. The number of aryl methyl sites for hydroxylation is 1. The summed E-state index contributed by atoms with van der Waals surface area (Å²) >= 11 is 0. The minimum Gasteiger partial charge on any atom is -0.307 e. The lowest BCUT2D eigenvalue weighted by Gasteiger charge is -2.10. The number of fused-ring (bicyclic) bond motifs is 1. The number of rotatable bonds is 5. The quantitative estimate of drug-likeness (QED) is 0.409. The fraction of sp³-hybridized carbons (Fsp3) is 0.0370. The van der Waals surface area contributed by atoms with Crippen LogP contribution in [-0.2, 0) is 0 Å². The summed E-state index contributed by atoms with van der Waals surface area (Å²) in [7, 11) is 0. The molecule has 0 spiro atoms. The van der Waals surface area contributed by atoms with Crippen molar-refractivity contribution in [3.63, 3.8) is 0 Å². The smallest absolute Gasteiger partial charge is 0.257 e. The second-order valence-corrected chi connectivity index (χ2v) is 7.16. The minimum absolute atomic E-state index is 0.203. The maximum atomic E-state index is 12.7. The molecule has 3 aromatic carbocycles. The average molecular weight is 390 g/mol. The van der Waals surface area contributed by atoms with Gasteiger partial charge in [-0.2, -0.15) is 0 Å². The normalized spacial score (nSPS) is 10.6. The van der Waals surface area contributed by atoms with Crippen molar-refractivity contribution in [1.29, 1.82) is 0 Å². The van der Waals surface area contributed by atoms with Crippen LogP contribution in [0.25, 0.3) is 34.1 Å². The number of hydrogen-bond acceptors (Lipinski definition) is 2. The summed E-state index contributed by atoms with van der Waals surface area (Å²) in [5, 5.41) is 4.91. The summed E-state index contributed by atoms with van der Waals surface area (Å²) in [6, 6.07) is 21.8. The Kier molecular flexibility index (Phi) is 5.27. The van der Waals surface area contributed by atoms with Crippen LogP contribution in [0.1, 0.15) is 27.0 Å². The molecular weight excluding hydrogens is 368 g/mol. The van der Waals surface area contributed by atoms with E-state index in [9.17, 15) is 4.79 Å². The third kappa shape index (κ3) is 3.78. The molecule has 0 aliphatic heterocycles. The zero-order chi connectivity index (χ0) is 21.1. The zero-order valence-corrected chi connectivity index (χ0v) is 16.9. The molecule has 0 saturated heterocycles. The van der Waals surface area contributed by atoms with Crippen molar-refractivity contribution in [1.82, 2.24) is 4.98 Å². The van der Waals surface area contributed by atoms with Crippen LogP contribution in [0.15, 0.2) is 86.1 Å². The van der Waals surface area contributed by atoms with E-state index in [1.165, 1.54) is 11.1 Å². The van der Waals surface area contributed by atoms with Gasteiger partial charge in [0.1, 0.15) is 5.82 Å².